The first-order valence-corrected chi connectivity index (χ1v) is 10.5. The molecule has 1 saturated heterocycles. The normalized spacial score (nSPS) is 15.8. The quantitative estimate of drug-likeness (QED) is 0.495. The molecule has 1 aliphatic heterocycles. The largest absolute Gasteiger partial charge is 0.573 e. The van der Waals surface area contributed by atoms with E-state index in [1.807, 2.05) is 4.90 Å². The number of anilines is 2. The van der Waals surface area contributed by atoms with Crippen molar-refractivity contribution in [2.45, 2.75) is 12.8 Å². The number of aliphatic hydroxyl groups is 1. The van der Waals surface area contributed by atoms with Gasteiger partial charge < -0.3 is 20.1 Å². The van der Waals surface area contributed by atoms with E-state index in [-0.39, 0.29) is 23.8 Å². The molecule has 35 heavy (non-hydrogen) atoms. The first kappa shape index (κ1) is 24.3. The van der Waals surface area contributed by atoms with Crippen LogP contribution in [0.15, 0.2) is 48.9 Å². The number of ether oxygens (including phenoxy) is 1. The Morgan fingerprint density at radius 3 is 2.63 bits per heavy atom. The third-order valence-corrected chi connectivity index (χ3v) is 5.40. The van der Waals surface area contributed by atoms with Crippen LogP contribution in [-0.4, -0.2) is 47.0 Å². The zero-order valence-electron chi connectivity index (χ0n) is 18.0. The number of halogens is 5. The van der Waals surface area contributed by atoms with Gasteiger partial charge in [-0.2, -0.15) is 0 Å². The van der Waals surface area contributed by atoms with Crippen molar-refractivity contribution < 1.29 is 36.6 Å². The van der Waals surface area contributed by atoms with Crippen LogP contribution in [-0.2, 0) is 0 Å². The highest BCUT2D eigenvalue weighted by atomic mass is 19.4. The lowest BCUT2D eigenvalue weighted by Gasteiger charge is -2.21. The van der Waals surface area contributed by atoms with Gasteiger partial charge in [0.15, 0.2) is 11.6 Å². The maximum Gasteiger partial charge on any atom is 0.573 e. The highest BCUT2D eigenvalue weighted by Gasteiger charge is 2.32. The van der Waals surface area contributed by atoms with Crippen LogP contribution in [0.3, 0.4) is 0 Å². The molecule has 2 aromatic heterocycles. The summed E-state index contributed by atoms with van der Waals surface area (Å²) < 4.78 is 68.4. The number of carbonyl (C=O) groups excluding carboxylic acids is 1. The second-order valence-corrected chi connectivity index (χ2v) is 7.92. The maximum absolute atomic E-state index is 14.0. The molecular formula is C23H19F5N4O3. The summed E-state index contributed by atoms with van der Waals surface area (Å²) in [6.07, 6.45) is -0.593. The highest BCUT2D eigenvalue weighted by molar-refractivity contribution is 6.05. The number of hydrogen-bond acceptors (Lipinski definition) is 6. The summed E-state index contributed by atoms with van der Waals surface area (Å²) in [7, 11) is 0. The molecule has 0 bridgehead atoms. The molecule has 0 spiro atoms. The van der Waals surface area contributed by atoms with Gasteiger partial charge in [0.05, 0.1) is 11.8 Å². The molecule has 1 atom stereocenters. The average Bonchev–Trinajstić information content (AvgIpc) is 3.29. The standard InChI is InChI=1S/C23H19F5N4O3/c24-16-5-14(8-29-10-16)18-6-15(9-30-21(18)32-4-3-13(11-32)12-33)22(34)31-17-1-2-20(19(25)7-17)35-23(26,27)28/h1-2,5-10,13,33H,3-4,11-12H2,(H,31,34)/t13-/m0/s1. The van der Waals surface area contributed by atoms with Gasteiger partial charge in [0.1, 0.15) is 11.6 Å². The summed E-state index contributed by atoms with van der Waals surface area (Å²) in [4.78, 5) is 22.9. The molecule has 7 nitrogen and oxygen atoms in total. The first-order chi connectivity index (χ1) is 16.6. The number of benzene rings is 1. The fraction of sp³-hybridized carbons (Fsp3) is 0.261. The molecule has 1 fully saturated rings. The molecule has 0 unspecified atom stereocenters. The average molecular weight is 494 g/mol. The van der Waals surface area contributed by atoms with Crippen LogP contribution in [0.2, 0.25) is 0 Å². The van der Waals surface area contributed by atoms with E-state index >= 15 is 0 Å². The van der Waals surface area contributed by atoms with Gasteiger partial charge in [0, 0.05) is 60.9 Å². The molecule has 4 rings (SSSR count). The van der Waals surface area contributed by atoms with Gasteiger partial charge in [-0.05, 0) is 30.7 Å². The minimum absolute atomic E-state index is 0.0111. The monoisotopic (exact) mass is 494 g/mol. The van der Waals surface area contributed by atoms with E-state index < -0.39 is 29.7 Å². The summed E-state index contributed by atoms with van der Waals surface area (Å²) in [5, 5.41) is 11.8. The smallest absolute Gasteiger partial charge is 0.403 e. The zero-order chi connectivity index (χ0) is 25.2. The van der Waals surface area contributed by atoms with Crippen LogP contribution in [0.5, 0.6) is 5.75 Å². The molecule has 184 valence electrons. The molecule has 0 radical (unpaired) electrons. The number of aliphatic hydroxyl groups excluding tert-OH is 1. The van der Waals surface area contributed by atoms with Crippen molar-refractivity contribution in [3.63, 3.8) is 0 Å². The highest BCUT2D eigenvalue weighted by Crippen LogP contribution is 2.33. The van der Waals surface area contributed by atoms with E-state index in [1.54, 1.807) is 0 Å². The third kappa shape index (κ3) is 5.83. The maximum atomic E-state index is 14.0. The lowest BCUT2D eigenvalue weighted by atomic mass is 10.1. The summed E-state index contributed by atoms with van der Waals surface area (Å²) in [6, 6.07) is 5.20. The van der Waals surface area contributed by atoms with Gasteiger partial charge in [0.25, 0.3) is 5.91 Å². The number of aromatic nitrogens is 2. The van der Waals surface area contributed by atoms with Gasteiger partial charge >= 0.3 is 6.36 Å². The fourth-order valence-corrected chi connectivity index (χ4v) is 3.77. The Labute approximate surface area is 196 Å². The van der Waals surface area contributed by atoms with Crippen molar-refractivity contribution in [3.8, 4) is 16.9 Å². The van der Waals surface area contributed by atoms with E-state index in [0.29, 0.717) is 36.1 Å². The third-order valence-electron chi connectivity index (χ3n) is 5.40. The van der Waals surface area contributed by atoms with Crippen molar-refractivity contribution >= 4 is 17.4 Å². The van der Waals surface area contributed by atoms with Crippen molar-refractivity contribution in [3.05, 3.63) is 66.1 Å². The van der Waals surface area contributed by atoms with Crippen LogP contribution in [0.25, 0.3) is 11.1 Å². The SMILES string of the molecule is O=C(Nc1ccc(OC(F)(F)F)c(F)c1)c1cnc(N2CC[C@H](CO)C2)c(-c2cncc(F)c2)c1. The molecule has 1 aromatic carbocycles. The van der Waals surface area contributed by atoms with Crippen LogP contribution in [0, 0.1) is 17.6 Å². The van der Waals surface area contributed by atoms with E-state index in [0.717, 1.165) is 24.8 Å². The van der Waals surface area contributed by atoms with Crippen molar-refractivity contribution in [2.24, 2.45) is 5.92 Å². The summed E-state index contributed by atoms with van der Waals surface area (Å²) in [5.41, 5.74) is 0.727. The van der Waals surface area contributed by atoms with Gasteiger partial charge in [0.2, 0.25) is 0 Å². The fourth-order valence-electron chi connectivity index (χ4n) is 3.77. The predicted octanol–water partition coefficient (Wildman–Crippen LogP) is 4.39. The van der Waals surface area contributed by atoms with Gasteiger partial charge in [-0.3, -0.25) is 9.78 Å². The lowest BCUT2D eigenvalue weighted by Crippen LogP contribution is -2.23. The van der Waals surface area contributed by atoms with Gasteiger partial charge in [-0.1, -0.05) is 0 Å². The molecule has 0 aliphatic carbocycles. The number of hydrogen-bond donors (Lipinski definition) is 2. The van der Waals surface area contributed by atoms with Gasteiger partial charge in [-0.15, -0.1) is 13.2 Å². The number of alkyl halides is 3. The first-order valence-electron chi connectivity index (χ1n) is 10.5. The van der Waals surface area contributed by atoms with Gasteiger partial charge in [-0.25, -0.2) is 13.8 Å². The number of rotatable bonds is 6. The Bertz CT molecular complexity index is 1240. The van der Waals surface area contributed by atoms with Crippen LogP contribution in [0.1, 0.15) is 16.8 Å². The Morgan fingerprint density at radius 2 is 1.97 bits per heavy atom. The number of carbonyl (C=O) groups is 1. The molecule has 0 saturated carbocycles. The lowest BCUT2D eigenvalue weighted by molar-refractivity contribution is -0.275. The second kappa shape index (κ2) is 9.82. The van der Waals surface area contributed by atoms with Crippen LogP contribution < -0.4 is 15.0 Å². The van der Waals surface area contributed by atoms with Crippen molar-refractivity contribution in [1.29, 1.82) is 0 Å². The zero-order valence-corrected chi connectivity index (χ0v) is 18.0. The Kier molecular flexibility index (Phi) is 6.83. The topological polar surface area (TPSA) is 87.6 Å². The van der Waals surface area contributed by atoms with Crippen LogP contribution in [0.4, 0.5) is 33.5 Å². The minimum atomic E-state index is -5.06. The molecular weight excluding hydrogens is 475 g/mol. The number of nitrogens with zero attached hydrogens (tertiary/aromatic N) is 3. The van der Waals surface area contributed by atoms with Crippen molar-refractivity contribution in [2.75, 3.05) is 29.9 Å². The summed E-state index contributed by atoms with van der Waals surface area (Å²) in [6.45, 7) is 1.14. The molecule has 12 heteroatoms. The molecule has 2 N–H and O–H groups in total. The molecule has 3 aromatic rings. The number of pyridine rings is 2. The van der Waals surface area contributed by atoms with Crippen LogP contribution >= 0.6 is 0 Å². The van der Waals surface area contributed by atoms with E-state index in [2.05, 4.69) is 20.0 Å². The summed E-state index contributed by atoms with van der Waals surface area (Å²) in [5.74, 6) is -3.12. The Hall–Kier alpha value is -3.80. The van der Waals surface area contributed by atoms with E-state index in [4.69, 9.17) is 0 Å². The van der Waals surface area contributed by atoms with E-state index in [9.17, 15) is 31.9 Å². The Morgan fingerprint density at radius 1 is 1.17 bits per heavy atom. The second-order valence-electron chi connectivity index (χ2n) is 7.92. The van der Waals surface area contributed by atoms with E-state index in [1.165, 1.54) is 24.5 Å². The Balaban J connectivity index is 1.62. The number of amides is 1. The summed E-state index contributed by atoms with van der Waals surface area (Å²) >= 11 is 0. The minimum Gasteiger partial charge on any atom is -0.403 e. The molecule has 1 amide bonds. The predicted molar refractivity (Wildman–Crippen MR) is 116 cm³/mol. The van der Waals surface area contributed by atoms with Crippen molar-refractivity contribution in [1.82, 2.24) is 9.97 Å². The molecule has 3 heterocycles. The number of nitrogens with one attached hydrogen (secondary N) is 1. The molecule has 1 aliphatic rings.